The average molecular weight is 305 g/mol. The van der Waals surface area contributed by atoms with Crippen molar-refractivity contribution in [2.45, 2.75) is 26.4 Å². The van der Waals surface area contributed by atoms with E-state index in [1.54, 1.807) is 45.8 Å². The second kappa shape index (κ2) is 5.36. The Kier molecular flexibility index (Phi) is 3.87. The summed E-state index contributed by atoms with van der Waals surface area (Å²) in [6.45, 7) is 5.13. The van der Waals surface area contributed by atoms with E-state index in [9.17, 15) is 14.7 Å². The molecule has 118 valence electrons. The lowest BCUT2D eigenvalue weighted by Gasteiger charge is -2.19. The maximum absolute atomic E-state index is 12.0. The number of hydrogen-bond acceptors (Lipinski definition) is 6. The standard InChI is InChI=1S/C16H19NO5/c1-16(2,3)22-15(20)10-6-9-7-12(18)11(17(4)5)8-13(9)21-14(10)19/h6-8,18H,1-5H3. The maximum atomic E-state index is 12.0. The zero-order valence-electron chi connectivity index (χ0n) is 13.3. The third kappa shape index (κ3) is 3.21. The van der Waals surface area contributed by atoms with E-state index in [1.807, 2.05) is 0 Å². The third-order valence-electron chi connectivity index (χ3n) is 2.93. The highest BCUT2D eigenvalue weighted by Crippen LogP contribution is 2.31. The summed E-state index contributed by atoms with van der Waals surface area (Å²) in [5, 5.41) is 10.4. The van der Waals surface area contributed by atoms with Crippen LogP contribution in [0.25, 0.3) is 11.0 Å². The van der Waals surface area contributed by atoms with Crippen molar-refractivity contribution in [1.82, 2.24) is 0 Å². The largest absolute Gasteiger partial charge is 0.506 e. The number of ether oxygens (including phenoxy) is 1. The average Bonchev–Trinajstić information content (AvgIpc) is 2.35. The third-order valence-corrected chi connectivity index (χ3v) is 2.93. The molecule has 0 spiro atoms. The molecule has 0 amide bonds. The summed E-state index contributed by atoms with van der Waals surface area (Å²) in [6.07, 6.45) is 0. The lowest BCUT2D eigenvalue weighted by Crippen LogP contribution is -2.27. The predicted molar refractivity (Wildman–Crippen MR) is 83.6 cm³/mol. The van der Waals surface area contributed by atoms with Gasteiger partial charge in [-0.2, -0.15) is 0 Å². The summed E-state index contributed by atoms with van der Waals surface area (Å²) < 4.78 is 10.4. The quantitative estimate of drug-likeness (QED) is 0.678. The maximum Gasteiger partial charge on any atom is 0.351 e. The van der Waals surface area contributed by atoms with Gasteiger partial charge < -0.3 is 19.2 Å². The van der Waals surface area contributed by atoms with Gasteiger partial charge in [0.15, 0.2) is 0 Å². The molecule has 6 heteroatoms. The molecule has 0 bridgehead atoms. The zero-order chi connectivity index (χ0) is 16.7. The van der Waals surface area contributed by atoms with Crippen LogP contribution < -0.4 is 10.5 Å². The number of carbonyl (C=O) groups excluding carboxylic acids is 1. The van der Waals surface area contributed by atoms with Gasteiger partial charge in [0.1, 0.15) is 22.5 Å². The highest BCUT2D eigenvalue weighted by molar-refractivity contribution is 5.94. The Labute approximate surface area is 127 Å². The number of carbonyl (C=O) groups is 1. The highest BCUT2D eigenvalue weighted by Gasteiger charge is 2.22. The molecule has 0 saturated heterocycles. The fourth-order valence-corrected chi connectivity index (χ4v) is 1.98. The van der Waals surface area contributed by atoms with Gasteiger partial charge >= 0.3 is 11.6 Å². The number of hydrogen-bond donors (Lipinski definition) is 1. The first-order valence-corrected chi connectivity index (χ1v) is 6.80. The summed E-state index contributed by atoms with van der Waals surface area (Å²) in [5.41, 5.74) is -0.869. The van der Waals surface area contributed by atoms with E-state index in [4.69, 9.17) is 9.15 Å². The molecular formula is C16H19NO5. The van der Waals surface area contributed by atoms with Gasteiger partial charge in [-0.3, -0.25) is 0 Å². The molecule has 0 fully saturated rings. The predicted octanol–water partition coefficient (Wildman–Crippen LogP) is 2.52. The van der Waals surface area contributed by atoms with Gasteiger partial charge in [-0.05, 0) is 32.9 Å². The summed E-state index contributed by atoms with van der Waals surface area (Å²) in [6, 6.07) is 4.36. The first kappa shape index (κ1) is 15.9. The number of phenolic OH excluding ortho intramolecular Hbond substituents is 1. The Morgan fingerprint density at radius 3 is 2.41 bits per heavy atom. The van der Waals surface area contributed by atoms with Crippen LogP contribution in [-0.2, 0) is 4.74 Å². The van der Waals surface area contributed by atoms with E-state index in [0.717, 1.165) is 0 Å². The molecule has 0 aliphatic heterocycles. The molecule has 0 radical (unpaired) electrons. The molecule has 1 aromatic heterocycles. The van der Waals surface area contributed by atoms with E-state index in [-0.39, 0.29) is 11.3 Å². The number of phenols is 1. The van der Waals surface area contributed by atoms with Gasteiger partial charge in [-0.15, -0.1) is 0 Å². The number of nitrogens with zero attached hydrogens (tertiary/aromatic N) is 1. The van der Waals surface area contributed by atoms with Crippen molar-refractivity contribution in [3.05, 3.63) is 34.2 Å². The normalized spacial score (nSPS) is 11.5. The molecular weight excluding hydrogens is 286 g/mol. The van der Waals surface area contributed by atoms with Crippen molar-refractivity contribution in [3.63, 3.8) is 0 Å². The Hall–Kier alpha value is -2.50. The summed E-state index contributed by atoms with van der Waals surface area (Å²) >= 11 is 0. The van der Waals surface area contributed by atoms with E-state index >= 15 is 0 Å². The van der Waals surface area contributed by atoms with E-state index in [2.05, 4.69) is 0 Å². The molecule has 0 unspecified atom stereocenters. The van der Waals surface area contributed by atoms with Gasteiger partial charge in [0.2, 0.25) is 0 Å². The fraction of sp³-hybridized carbons (Fsp3) is 0.375. The summed E-state index contributed by atoms with van der Waals surface area (Å²) in [7, 11) is 3.52. The van der Waals surface area contributed by atoms with E-state index < -0.39 is 17.2 Å². The van der Waals surface area contributed by atoms with Gasteiger partial charge in [0.25, 0.3) is 0 Å². The van der Waals surface area contributed by atoms with Crippen molar-refractivity contribution in [1.29, 1.82) is 0 Å². The number of rotatable bonds is 2. The first-order valence-electron chi connectivity index (χ1n) is 6.80. The molecule has 1 aromatic carbocycles. The van der Waals surface area contributed by atoms with Crippen molar-refractivity contribution >= 4 is 22.6 Å². The smallest absolute Gasteiger partial charge is 0.351 e. The lowest BCUT2D eigenvalue weighted by atomic mass is 10.1. The van der Waals surface area contributed by atoms with Crippen LogP contribution in [0.3, 0.4) is 0 Å². The molecule has 1 N–H and O–H groups in total. The highest BCUT2D eigenvalue weighted by atomic mass is 16.6. The van der Waals surface area contributed by atoms with Crippen LogP contribution >= 0.6 is 0 Å². The van der Waals surface area contributed by atoms with E-state index in [0.29, 0.717) is 16.7 Å². The Balaban J connectivity index is 2.56. The molecule has 2 aromatic rings. The van der Waals surface area contributed by atoms with Crippen LogP contribution in [0.2, 0.25) is 0 Å². The van der Waals surface area contributed by atoms with Crippen LogP contribution in [0.5, 0.6) is 5.75 Å². The Bertz CT molecular complexity index is 783. The second-order valence-corrected chi connectivity index (χ2v) is 6.22. The van der Waals surface area contributed by atoms with Crippen LogP contribution in [-0.4, -0.2) is 30.8 Å². The molecule has 0 atom stereocenters. The Morgan fingerprint density at radius 2 is 1.86 bits per heavy atom. The molecule has 0 aliphatic carbocycles. The van der Waals surface area contributed by atoms with Crippen LogP contribution in [0.15, 0.2) is 27.4 Å². The molecule has 0 aliphatic rings. The van der Waals surface area contributed by atoms with Gasteiger partial charge in [0.05, 0.1) is 5.69 Å². The number of esters is 1. The lowest BCUT2D eigenvalue weighted by molar-refractivity contribution is 0.00654. The minimum atomic E-state index is -0.767. The summed E-state index contributed by atoms with van der Waals surface area (Å²) in [5.74, 6) is -0.721. The number of anilines is 1. The van der Waals surface area contributed by atoms with Gasteiger partial charge in [-0.1, -0.05) is 0 Å². The zero-order valence-corrected chi connectivity index (χ0v) is 13.3. The first-order chi connectivity index (χ1) is 10.1. The van der Waals surface area contributed by atoms with Crippen molar-refractivity contribution in [3.8, 4) is 5.75 Å². The fourth-order valence-electron chi connectivity index (χ4n) is 1.98. The minimum absolute atomic E-state index is 0.0292. The van der Waals surface area contributed by atoms with E-state index in [1.165, 1.54) is 12.1 Å². The van der Waals surface area contributed by atoms with Crippen LogP contribution in [0, 0.1) is 0 Å². The molecule has 6 nitrogen and oxygen atoms in total. The summed E-state index contributed by atoms with van der Waals surface area (Å²) in [4.78, 5) is 25.7. The van der Waals surface area contributed by atoms with Gasteiger partial charge in [-0.25, -0.2) is 9.59 Å². The molecule has 22 heavy (non-hydrogen) atoms. The van der Waals surface area contributed by atoms with Crippen molar-refractivity contribution in [2.75, 3.05) is 19.0 Å². The van der Waals surface area contributed by atoms with Crippen molar-refractivity contribution in [2.24, 2.45) is 0 Å². The molecule has 1 heterocycles. The Morgan fingerprint density at radius 1 is 1.23 bits per heavy atom. The number of fused-ring (bicyclic) bond motifs is 1. The van der Waals surface area contributed by atoms with Crippen molar-refractivity contribution < 1.29 is 19.1 Å². The number of benzene rings is 1. The van der Waals surface area contributed by atoms with Crippen LogP contribution in [0.4, 0.5) is 5.69 Å². The second-order valence-electron chi connectivity index (χ2n) is 6.22. The van der Waals surface area contributed by atoms with Gasteiger partial charge in [0, 0.05) is 25.5 Å². The molecule has 2 rings (SSSR count). The van der Waals surface area contributed by atoms with Crippen LogP contribution in [0.1, 0.15) is 31.1 Å². The minimum Gasteiger partial charge on any atom is -0.506 e. The monoisotopic (exact) mass is 305 g/mol. The molecule has 0 saturated carbocycles. The number of aromatic hydroxyl groups is 1. The topological polar surface area (TPSA) is 80.0 Å². The SMILES string of the molecule is CN(C)c1cc2oc(=O)c(C(=O)OC(C)(C)C)cc2cc1O.